The van der Waals surface area contributed by atoms with Gasteiger partial charge < -0.3 is 9.64 Å². The monoisotopic (exact) mass is 526 g/mol. The molecular weight excluding hydrogens is 488 g/mol. The minimum Gasteiger partial charge on any atom is -0.466 e. The van der Waals surface area contributed by atoms with E-state index in [1.807, 2.05) is 28.8 Å². The molecule has 7 heteroatoms. The topological polar surface area (TPSA) is 59.7 Å². The molecular formula is C32H38N4O3. The van der Waals surface area contributed by atoms with Crippen molar-refractivity contribution in [2.45, 2.75) is 38.9 Å². The standard InChI is InChI=1S/C32H38N4O3/c1-2-39-30(37)18-21-36-29-17-10-9-16-28(29)35(32(36)38)20-11-19-33-22-24-34(25-23-33)31(26-12-5-3-6-13-26)27-14-7-4-8-15-27/h3-10,12-17,31H,2,11,18-25H2,1H3. The van der Waals surface area contributed by atoms with Crippen LogP contribution in [0, 0.1) is 0 Å². The van der Waals surface area contributed by atoms with Gasteiger partial charge in [0, 0.05) is 39.3 Å². The second-order valence-electron chi connectivity index (χ2n) is 10.1. The Balaban J connectivity index is 1.20. The summed E-state index contributed by atoms with van der Waals surface area (Å²) in [5.74, 6) is -0.276. The summed E-state index contributed by atoms with van der Waals surface area (Å²) in [7, 11) is 0. The van der Waals surface area contributed by atoms with Crippen molar-refractivity contribution in [3.63, 3.8) is 0 Å². The molecule has 0 N–H and O–H groups in total. The van der Waals surface area contributed by atoms with Gasteiger partial charge in [-0.05, 0) is 43.1 Å². The minimum absolute atomic E-state index is 0.0566. The van der Waals surface area contributed by atoms with Crippen LogP contribution in [0.1, 0.15) is 36.9 Å². The molecule has 4 aromatic rings. The van der Waals surface area contributed by atoms with Crippen LogP contribution in [0.25, 0.3) is 11.0 Å². The average molecular weight is 527 g/mol. The Morgan fingerprint density at radius 3 is 1.85 bits per heavy atom. The molecule has 7 nitrogen and oxygen atoms in total. The molecule has 0 spiro atoms. The zero-order valence-corrected chi connectivity index (χ0v) is 22.7. The van der Waals surface area contributed by atoms with Crippen LogP contribution >= 0.6 is 0 Å². The van der Waals surface area contributed by atoms with Gasteiger partial charge in [-0.3, -0.25) is 18.8 Å². The first-order valence-electron chi connectivity index (χ1n) is 14.1. The van der Waals surface area contributed by atoms with E-state index in [4.69, 9.17) is 4.74 Å². The molecule has 39 heavy (non-hydrogen) atoms. The van der Waals surface area contributed by atoms with Crippen LogP contribution in [0.2, 0.25) is 0 Å². The summed E-state index contributed by atoms with van der Waals surface area (Å²) < 4.78 is 8.62. The number of para-hydroxylation sites is 2. The summed E-state index contributed by atoms with van der Waals surface area (Å²) in [5.41, 5.74) is 4.39. The van der Waals surface area contributed by atoms with E-state index in [0.717, 1.165) is 50.2 Å². The van der Waals surface area contributed by atoms with E-state index in [2.05, 4.69) is 70.5 Å². The van der Waals surface area contributed by atoms with Gasteiger partial charge in [-0.2, -0.15) is 0 Å². The van der Waals surface area contributed by atoms with E-state index in [1.165, 1.54) is 11.1 Å². The molecule has 0 atom stereocenters. The van der Waals surface area contributed by atoms with Gasteiger partial charge in [0.05, 0.1) is 30.1 Å². The number of hydrogen-bond acceptors (Lipinski definition) is 5. The van der Waals surface area contributed by atoms with E-state index in [-0.39, 0.29) is 24.1 Å². The third kappa shape index (κ3) is 6.32. The van der Waals surface area contributed by atoms with Crippen molar-refractivity contribution < 1.29 is 9.53 Å². The van der Waals surface area contributed by atoms with Crippen molar-refractivity contribution in [2.24, 2.45) is 0 Å². The van der Waals surface area contributed by atoms with Crippen LogP contribution in [0.3, 0.4) is 0 Å². The largest absolute Gasteiger partial charge is 0.466 e. The fraction of sp³-hybridized carbons (Fsp3) is 0.375. The lowest BCUT2D eigenvalue weighted by Crippen LogP contribution is -2.48. The smallest absolute Gasteiger partial charge is 0.329 e. The molecule has 0 amide bonds. The van der Waals surface area contributed by atoms with E-state index in [0.29, 0.717) is 19.7 Å². The van der Waals surface area contributed by atoms with E-state index >= 15 is 0 Å². The third-order valence-electron chi connectivity index (χ3n) is 7.63. The molecule has 1 aliphatic heterocycles. The zero-order valence-electron chi connectivity index (χ0n) is 22.7. The van der Waals surface area contributed by atoms with Crippen molar-refractivity contribution in [1.29, 1.82) is 0 Å². The average Bonchev–Trinajstić information content (AvgIpc) is 3.24. The highest BCUT2D eigenvalue weighted by molar-refractivity contribution is 5.76. The Bertz CT molecular complexity index is 1370. The number of ether oxygens (including phenoxy) is 1. The van der Waals surface area contributed by atoms with Crippen molar-refractivity contribution in [1.82, 2.24) is 18.9 Å². The van der Waals surface area contributed by atoms with E-state index in [1.54, 1.807) is 11.5 Å². The molecule has 1 aliphatic rings. The number of fused-ring (bicyclic) bond motifs is 1. The quantitative estimate of drug-likeness (QED) is 0.268. The van der Waals surface area contributed by atoms with Gasteiger partial charge in [0.25, 0.3) is 0 Å². The molecule has 0 saturated carbocycles. The first-order chi connectivity index (χ1) is 19.2. The summed E-state index contributed by atoms with van der Waals surface area (Å²) in [5, 5.41) is 0. The first kappa shape index (κ1) is 26.9. The second kappa shape index (κ2) is 12.9. The maximum atomic E-state index is 13.3. The van der Waals surface area contributed by atoms with Crippen LogP contribution in [-0.2, 0) is 22.6 Å². The number of nitrogens with zero attached hydrogens (tertiary/aromatic N) is 4. The lowest BCUT2D eigenvalue weighted by molar-refractivity contribution is -0.143. The van der Waals surface area contributed by atoms with Crippen LogP contribution < -0.4 is 5.69 Å². The minimum atomic E-state index is -0.276. The summed E-state index contributed by atoms with van der Waals surface area (Å²) in [6.07, 6.45) is 1.09. The number of imidazole rings is 1. The summed E-state index contributed by atoms with van der Waals surface area (Å²) in [4.78, 5) is 30.3. The molecule has 0 bridgehead atoms. The summed E-state index contributed by atoms with van der Waals surface area (Å²) >= 11 is 0. The fourth-order valence-electron chi connectivity index (χ4n) is 5.72. The SMILES string of the molecule is CCOC(=O)CCn1c(=O)n(CCCN2CCN(C(c3ccccc3)c3ccccc3)CC2)c2ccccc21. The molecule has 1 fully saturated rings. The van der Waals surface area contributed by atoms with Crippen molar-refractivity contribution in [3.8, 4) is 0 Å². The van der Waals surface area contributed by atoms with E-state index < -0.39 is 0 Å². The number of rotatable bonds is 11. The number of carbonyl (C=O) groups is 1. The molecule has 1 aromatic heterocycles. The van der Waals surface area contributed by atoms with Gasteiger partial charge in [0.2, 0.25) is 0 Å². The van der Waals surface area contributed by atoms with Gasteiger partial charge in [-0.25, -0.2) is 4.79 Å². The molecule has 1 saturated heterocycles. The first-order valence-corrected chi connectivity index (χ1v) is 14.1. The number of esters is 1. The van der Waals surface area contributed by atoms with Gasteiger partial charge >= 0.3 is 11.7 Å². The molecule has 0 radical (unpaired) electrons. The molecule has 0 aliphatic carbocycles. The lowest BCUT2D eigenvalue weighted by Gasteiger charge is -2.39. The Morgan fingerprint density at radius 2 is 1.28 bits per heavy atom. The lowest BCUT2D eigenvalue weighted by atomic mass is 9.96. The molecule has 204 valence electrons. The van der Waals surface area contributed by atoms with Gasteiger partial charge in [0.15, 0.2) is 0 Å². The molecule has 0 unspecified atom stereocenters. The summed E-state index contributed by atoms with van der Waals surface area (Å²) in [6.45, 7) is 8.09. The predicted molar refractivity (Wildman–Crippen MR) is 155 cm³/mol. The Hall–Kier alpha value is -3.68. The third-order valence-corrected chi connectivity index (χ3v) is 7.63. The Labute approximate surface area is 230 Å². The second-order valence-corrected chi connectivity index (χ2v) is 10.1. The maximum Gasteiger partial charge on any atom is 0.329 e. The zero-order chi connectivity index (χ0) is 27.0. The highest BCUT2D eigenvalue weighted by Gasteiger charge is 2.26. The van der Waals surface area contributed by atoms with Gasteiger partial charge in [0.1, 0.15) is 0 Å². The molecule has 2 heterocycles. The summed E-state index contributed by atoms with van der Waals surface area (Å²) in [6, 6.07) is 29.6. The normalized spacial score (nSPS) is 14.7. The Kier molecular flexibility index (Phi) is 8.91. The van der Waals surface area contributed by atoms with Gasteiger partial charge in [-0.1, -0.05) is 72.8 Å². The highest BCUT2D eigenvalue weighted by atomic mass is 16.5. The van der Waals surface area contributed by atoms with Crippen LogP contribution in [-0.4, -0.2) is 64.2 Å². The van der Waals surface area contributed by atoms with Crippen LogP contribution in [0.15, 0.2) is 89.7 Å². The van der Waals surface area contributed by atoms with Gasteiger partial charge in [-0.15, -0.1) is 0 Å². The fourth-order valence-corrected chi connectivity index (χ4v) is 5.72. The molecule has 3 aromatic carbocycles. The van der Waals surface area contributed by atoms with E-state index in [9.17, 15) is 9.59 Å². The Morgan fingerprint density at radius 1 is 0.744 bits per heavy atom. The number of piperazine rings is 1. The predicted octanol–water partition coefficient (Wildman–Crippen LogP) is 4.55. The number of hydrogen-bond donors (Lipinski definition) is 0. The van der Waals surface area contributed by atoms with Crippen molar-refractivity contribution >= 4 is 17.0 Å². The van der Waals surface area contributed by atoms with Crippen molar-refractivity contribution in [2.75, 3.05) is 39.3 Å². The van der Waals surface area contributed by atoms with Crippen LogP contribution in [0.5, 0.6) is 0 Å². The number of aromatic nitrogens is 2. The number of aryl methyl sites for hydroxylation is 2. The number of benzene rings is 3. The molecule has 5 rings (SSSR count). The maximum absolute atomic E-state index is 13.3. The van der Waals surface area contributed by atoms with Crippen LogP contribution in [0.4, 0.5) is 0 Å². The number of carbonyl (C=O) groups excluding carboxylic acids is 1. The van der Waals surface area contributed by atoms with Crippen molar-refractivity contribution in [3.05, 3.63) is 107 Å². The highest BCUT2D eigenvalue weighted by Crippen LogP contribution is 2.29.